The third kappa shape index (κ3) is 2.57. The number of carbonyl (C=O) groups excluding carboxylic acids is 1. The van der Waals surface area contributed by atoms with Gasteiger partial charge in [-0.1, -0.05) is 30.3 Å². The molecule has 6 heteroatoms. The van der Waals surface area contributed by atoms with Crippen LogP contribution < -0.4 is 5.32 Å². The molecule has 2 aliphatic rings. The lowest BCUT2D eigenvalue weighted by Gasteiger charge is -2.35. The molecule has 132 valence electrons. The molecular formula is C20H21N5O. The summed E-state index contributed by atoms with van der Waals surface area (Å²) in [6.07, 6.45) is 5.68. The first-order chi connectivity index (χ1) is 12.8. The van der Waals surface area contributed by atoms with E-state index in [1.807, 2.05) is 28.8 Å². The maximum absolute atomic E-state index is 13.0. The van der Waals surface area contributed by atoms with Gasteiger partial charge < -0.3 is 14.8 Å². The average molecular weight is 347 g/mol. The highest BCUT2D eigenvalue weighted by molar-refractivity contribution is 5.97. The summed E-state index contributed by atoms with van der Waals surface area (Å²) in [7, 11) is 0. The van der Waals surface area contributed by atoms with Crippen LogP contribution >= 0.6 is 0 Å². The van der Waals surface area contributed by atoms with E-state index in [1.165, 1.54) is 5.56 Å². The normalized spacial score (nSPS) is 22.1. The third-order valence-electron chi connectivity index (χ3n) is 5.51. The van der Waals surface area contributed by atoms with Gasteiger partial charge in [0.1, 0.15) is 5.52 Å². The second-order valence-corrected chi connectivity index (χ2v) is 7.18. The Bertz CT molecular complexity index is 935. The molecule has 1 aromatic carbocycles. The third-order valence-corrected chi connectivity index (χ3v) is 5.51. The number of imidazole rings is 1. The van der Waals surface area contributed by atoms with Gasteiger partial charge in [-0.15, -0.1) is 0 Å². The second-order valence-electron chi connectivity index (χ2n) is 7.18. The summed E-state index contributed by atoms with van der Waals surface area (Å²) in [4.78, 5) is 24.1. The molecule has 2 saturated heterocycles. The Kier molecular flexibility index (Phi) is 3.71. The maximum atomic E-state index is 13.0. The fraction of sp³-hybridized carbons (Fsp3) is 0.350. The number of fused-ring (bicyclic) bond motifs is 3. The standard InChI is InChI=1S/C20H21N5O/c26-20(25-16-6-7-17(25)11-21-10-16)15-8-18-19(22-9-15)24(13-23-18)12-14-4-2-1-3-5-14/h1-5,8-9,13,16-17,21H,6-7,10-12H2/t16-,17+. The van der Waals surface area contributed by atoms with E-state index < -0.39 is 0 Å². The number of benzene rings is 1. The molecule has 5 rings (SSSR count). The minimum atomic E-state index is 0.0889. The van der Waals surface area contributed by atoms with Crippen molar-refractivity contribution in [2.45, 2.75) is 31.5 Å². The van der Waals surface area contributed by atoms with Crippen LogP contribution in [0.4, 0.5) is 0 Å². The first kappa shape index (κ1) is 15.5. The van der Waals surface area contributed by atoms with Crippen LogP contribution in [0.3, 0.4) is 0 Å². The maximum Gasteiger partial charge on any atom is 0.256 e. The van der Waals surface area contributed by atoms with Crippen molar-refractivity contribution in [2.75, 3.05) is 13.1 Å². The summed E-state index contributed by atoms with van der Waals surface area (Å²) >= 11 is 0. The van der Waals surface area contributed by atoms with Gasteiger partial charge in [-0.25, -0.2) is 9.97 Å². The Labute approximate surface area is 151 Å². The van der Waals surface area contributed by atoms with Crippen LogP contribution in [0.5, 0.6) is 0 Å². The summed E-state index contributed by atoms with van der Waals surface area (Å²) in [5.74, 6) is 0.0889. The molecule has 2 aliphatic heterocycles. The van der Waals surface area contributed by atoms with Crippen LogP contribution in [-0.4, -0.2) is 50.5 Å². The predicted octanol–water partition coefficient (Wildman–Crippen LogP) is 2.06. The Balaban J connectivity index is 1.43. The van der Waals surface area contributed by atoms with Crippen LogP contribution in [-0.2, 0) is 6.54 Å². The molecule has 0 unspecified atom stereocenters. The number of nitrogens with one attached hydrogen (secondary N) is 1. The smallest absolute Gasteiger partial charge is 0.256 e. The lowest BCUT2D eigenvalue weighted by Crippen LogP contribution is -2.54. The monoisotopic (exact) mass is 347 g/mol. The highest BCUT2D eigenvalue weighted by Gasteiger charge is 2.39. The molecule has 2 fully saturated rings. The van der Waals surface area contributed by atoms with Crippen molar-refractivity contribution in [3.8, 4) is 0 Å². The molecule has 0 radical (unpaired) electrons. The largest absolute Gasteiger partial charge is 0.330 e. The van der Waals surface area contributed by atoms with Crippen molar-refractivity contribution in [3.63, 3.8) is 0 Å². The molecular weight excluding hydrogens is 326 g/mol. The number of hydrogen-bond donors (Lipinski definition) is 1. The lowest BCUT2D eigenvalue weighted by molar-refractivity contribution is 0.0619. The van der Waals surface area contributed by atoms with Crippen molar-refractivity contribution >= 4 is 17.1 Å². The summed E-state index contributed by atoms with van der Waals surface area (Å²) < 4.78 is 2.02. The SMILES string of the molecule is O=C(c1cnc2c(c1)ncn2Cc1ccccc1)N1[C@@H]2CC[C@H]1CNC2. The van der Waals surface area contributed by atoms with E-state index >= 15 is 0 Å². The molecule has 2 aromatic heterocycles. The molecule has 0 spiro atoms. The lowest BCUT2D eigenvalue weighted by atomic mass is 10.1. The van der Waals surface area contributed by atoms with Gasteiger partial charge in [0, 0.05) is 31.4 Å². The van der Waals surface area contributed by atoms with E-state index in [4.69, 9.17) is 0 Å². The fourth-order valence-electron chi connectivity index (χ4n) is 4.22. The van der Waals surface area contributed by atoms with Crippen LogP contribution in [0.25, 0.3) is 11.2 Å². The molecule has 6 nitrogen and oxygen atoms in total. The Hall–Kier alpha value is -2.73. The molecule has 3 aromatic rings. The highest BCUT2D eigenvalue weighted by Crippen LogP contribution is 2.28. The van der Waals surface area contributed by atoms with Gasteiger partial charge in [0.2, 0.25) is 0 Å². The van der Waals surface area contributed by atoms with E-state index in [1.54, 1.807) is 12.5 Å². The minimum absolute atomic E-state index is 0.0889. The number of hydrogen-bond acceptors (Lipinski definition) is 4. The van der Waals surface area contributed by atoms with Crippen LogP contribution in [0.15, 0.2) is 48.9 Å². The number of pyridine rings is 1. The topological polar surface area (TPSA) is 63.1 Å². The van der Waals surface area contributed by atoms with Crippen molar-refractivity contribution in [3.05, 3.63) is 60.0 Å². The fourth-order valence-corrected chi connectivity index (χ4v) is 4.22. The Morgan fingerprint density at radius 2 is 1.88 bits per heavy atom. The zero-order valence-corrected chi connectivity index (χ0v) is 14.5. The quantitative estimate of drug-likeness (QED) is 0.788. The Morgan fingerprint density at radius 1 is 1.12 bits per heavy atom. The van der Waals surface area contributed by atoms with Crippen LogP contribution in [0, 0.1) is 0 Å². The molecule has 4 heterocycles. The number of nitrogens with zero attached hydrogens (tertiary/aromatic N) is 4. The zero-order valence-electron chi connectivity index (χ0n) is 14.5. The van der Waals surface area contributed by atoms with Crippen molar-refractivity contribution in [1.82, 2.24) is 24.8 Å². The predicted molar refractivity (Wildman–Crippen MR) is 98.9 cm³/mol. The summed E-state index contributed by atoms with van der Waals surface area (Å²) in [6.45, 7) is 2.51. The summed E-state index contributed by atoms with van der Waals surface area (Å²) in [5.41, 5.74) is 3.43. The molecule has 1 N–H and O–H groups in total. The van der Waals surface area contributed by atoms with Gasteiger partial charge >= 0.3 is 0 Å². The first-order valence-electron chi connectivity index (χ1n) is 9.18. The van der Waals surface area contributed by atoms with Crippen molar-refractivity contribution in [2.24, 2.45) is 0 Å². The van der Waals surface area contributed by atoms with Crippen molar-refractivity contribution < 1.29 is 4.79 Å². The van der Waals surface area contributed by atoms with Crippen molar-refractivity contribution in [1.29, 1.82) is 0 Å². The van der Waals surface area contributed by atoms with Crippen LogP contribution in [0.1, 0.15) is 28.8 Å². The molecule has 0 aliphatic carbocycles. The van der Waals surface area contributed by atoms with Gasteiger partial charge in [0.05, 0.1) is 18.4 Å². The summed E-state index contributed by atoms with van der Waals surface area (Å²) in [6, 6.07) is 12.7. The van der Waals surface area contributed by atoms with Gasteiger partial charge in [-0.2, -0.15) is 0 Å². The average Bonchev–Trinajstić information content (AvgIpc) is 3.19. The first-order valence-corrected chi connectivity index (χ1v) is 9.18. The number of amides is 1. The second kappa shape index (κ2) is 6.21. The Morgan fingerprint density at radius 3 is 2.65 bits per heavy atom. The molecule has 0 saturated carbocycles. The van der Waals surface area contributed by atoms with E-state index in [9.17, 15) is 4.79 Å². The minimum Gasteiger partial charge on any atom is -0.330 e. The molecule has 1 amide bonds. The number of rotatable bonds is 3. The zero-order chi connectivity index (χ0) is 17.5. The number of piperazine rings is 1. The van der Waals surface area contributed by atoms with Crippen LogP contribution in [0.2, 0.25) is 0 Å². The molecule has 26 heavy (non-hydrogen) atoms. The van der Waals surface area contributed by atoms with Gasteiger partial charge in [-0.3, -0.25) is 4.79 Å². The number of aromatic nitrogens is 3. The number of carbonyl (C=O) groups is 1. The summed E-state index contributed by atoms with van der Waals surface area (Å²) in [5, 5.41) is 3.41. The molecule has 2 bridgehead atoms. The highest BCUT2D eigenvalue weighted by atomic mass is 16.2. The van der Waals surface area contributed by atoms with Gasteiger partial charge in [0.25, 0.3) is 5.91 Å². The van der Waals surface area contributed by atoms with E-state index in [0.717, 1.165) is 43.6 Å². The van der Waals surface area contributed by atoms with Gasteiger partial charge in [-0.05, 0) is 24.5 Å². The van der Waals surface area contributed by atoms with E-state index in [0.29, 0.717) is 17.6 Å². The molecule has 2 atom stereocenters. The van der Waals surface area contributed by atoms with E-state index in [-0.39, 0.29) is 5.91 Å². The van der Waals surface area contributed by atoms with Gasteiger partial charge in [0.15, 0.2) is 5.65 Å². The van der Waals surface area contributed by atoms with E-state index in [2.05, 4.69) is 32.3 Å².